The van der Waals surface area contributed by atoms with Crippen LogP contribution in [-0.2, 0) is 0 Å². The Bertz CT molecular complexity index is 241. The fourth-order valence-corrected chi connectivity index (χ4v) is 3.87. The normalized spacial score (nSPS) is 37.9. The molecule has 3 nitrogen and oxygen atoms in total. The second-order valence-corrected chi connectivity index (χ2v) is 6.12. The summed E-state index contributed by atoms with van der Waals surface area (Å²) in [5.41, 5.74) is 5.55. The zero-order valence-corrected chi connectivity index (χ0v) is 11.2. The van der Waals surface area contributed by atoms with Crippen molar-refractivity contribution < 1.29 is 5.11 Å². The van der Waals surface area contributed by atoms with Gasteiger partial charge in [0, 0.05) is 12.0 Å². The lowest BCUT2D eigenvalue weighted by molar-refractivity contribution is -0.122. The first-order chi connectivity index (χ1) is 8.16. The molecule has 1 saturated carbocycles. The molecular weight excluding hydrogens is 212 g/mol. The zero-order valence-electron chi connectivity index (χ0n) is 11.2. The van der Waals surface area contributed by atoms with Gasteiger partial charge in [-0.2, -0.15) is 0 Å². The summed E-state index contributed by atoms with van der Waals surface area (Å²) in [5.74, 6) is 0.861. The number of rotatable bonds is 3. The number of aliphatic hydroxyl groups is 1. The lowest BCUT2D eigenvalue weighted by atomic mass is 9.58. The van der Waals surface area contributed by atoms with Crippen molar-refractivity contribution >= 4 is 0 Å². The molecule has 2 aliphatic rings. The van der Waals surface area contributed by atoms with Gasteiger partial charge in [0.05, 0.1) is 5.60 Å². The van der Waals surface area contributed by atoms with Gasteiger partial charge in [0.1, 0.15) is 0 Å². The van der Waals surface area contributed by atoms with Gasteiger partial charge in [-0.05, 0) is 57.5 Å². The van der Waals surface area contributed by atoms with Crippen molar-refractivity contribution in [3.05, 3.63) is 0 Å². The molecule has 0 aromatic carbocycles. The average Bonchev–Trinajstić information content (AvgIpc) is 2.39. The fraction of sp³-hybridized carbons (Fsp3) is 1.00. The first-order valence-corrected chi connectivity index (χ1v) is 7.29. The maximum Gasteiger partial charge on any atom is 0.0739 e. The van der Waals surface area contributed by atoms with E-state index in [1.54, 1.807) is 0 Å². The summed E-state index contributed by atoms with van der Waals surface area (Å²) < 4.78 is 0. The third-order valence-corrected chi connectivity index (χ3v) is 5.45. The van der Waals surface area contributed by atoms with Crippen LogP contribution in [0.2, 0.25) is 0 Å². The van der Waals surface area contributed by atoms with E-state index in [9.17, 15) is 5.11 Å². The number of piperidine rings is 1. The Balaban J connectivity index is 2.09. The molecule has 4 N–H and O–H groups in total. The molecule has 0 bridgehead atoms. The van der Waals surface area contributed by atoms with Gasteiger partial charge in [-0.1, -0.05) is 13.3 Å². The molecule has 0 radical (unpaired) electrons. The van der Waals surface area contributed by atoms with Gasteiger partial charge in [0.15, 0.2) is 0 Å². The second-order valence-electron chi connectivity index (χ2n) is 6.12. The van der Waals surface area contributed by atoms with Crippen LogP contribution in [0.3, 0.4) is 0 Å². The van der Waals surface area contributed by atoms with Crippen molar-refractivity contribution in [2.75, 3.05) is 19.6 Å². The molecule has 0 atom stereocenters. The van der Waals surface area contributed by atoms with Crippen LogP contribution in [0.4, 0.5) is 0 Å². The first kappa shape index (κ1) is 13.3. The standard InChI is InChI=1S/C14H28N2O/c1-2-12-3-5-13(11-15,6-4-12)14(17)7-9-16-10-8-14/h12,16-17H,2-11,15H2,1H3. The smallest absolute Gasteiger partial charge is 0.0739 e. The molecule has 0 spiro atoms. The monoisotopic (exact) mass is 240 g/mol. The number of nitrogens with one attached hydrogen (secondary N) is 1. The molecule has 17 heavy (non-hydrogen) atoms. The summed E-state index contributed by atoms with van der Waals surface area (Å²) in [7, 11) is 0. The lowest BCUT2D eigenvalue weighted by Gasteiger charge is -2.52. The summed E-state index contributed by atoms with van der Waals surface area (Å²) in [6.45, 7) is 4.81. The van der Waals surface area contributed by atoms with Gasteiger partial charge < -0.3 is 16.2 Å². The van der Waals surface area contributed by atoms with E-state index in [1.807, 2.05) is 0 Å². The highest BCUT2D eigenvalue weighted by Gasteiger charge is 2.50. The quantitative estimate of drug-likeness (QED) is 0.703. The molecule has 2 rings (SSSR count). The zero-order chi connectivity index (χ0) is 12.4. The van der Waals surface area contributed by atoms with Gasteiger partial charge in [0.2, 0.25) is 0 Å². The average molecular weight is 240 g/mol. The molecule has 1 saturated heterocycles. The molecule has 1 aliphatic heterocycles. The highest BCUT2D eigenvalue weighted by atomic mass is 16.3. The van der Waals surface area contributed by atoms with Gasteiger partial charge in [-0.25, -0.2) is 0 Å². The van der Waals surface area contributed by atoms with Gasteiger partial charge in [-0.15, -0.1) is 0 Å². The third kappa shape index (κ3) is 2.38. The molecule has 2 fully saturated rings. The predicted octanol–water partition coefficient (Wildman–Crippen LogP) is 1.65. The minimum absolute atomic E-state index is 0.000764. The summed E-state index contributed by atoms with van der Waals surface area (Å²) >= 11 is 0. The number of hydrogen-bond donors (Lipinski definition) is 3. The van der Waals surface area contributed by atoms with Crippen LogP contribution in [0.1, 0.15) is 51.9 Å². The Kier molecular flexibility index (Phi) is 4.11. The van der Waals surface area contributed by atoms with Crippen LogP contribution >= 0.6 is 0 Å². The SMILES string of the molecule is CCC1CCC(CN)(C2(O)CCNCC2)CC1. The highest BCUT2D eigenvalue weighted by molar-refractivity contribution is 5.03. The molecule has 3 heteroatoms. The van der Waals surface area contributed by atoms with Crippen LogP contribution in [0.25, 0.3) is 0 Å². The van der Waals surface area contributed by atoms with Crippen molar-refractivity contribution in [3.8, 4) is 0 Å². The van der Waals surface area contributed by atoms with E-state index < -0.39 is 5.60 Å². The fourth-order valence-electron chi connectivity index (χ4n) is 3.87. The van der Waals surface area contributed by atoms with Crippen molar-refractivity contribution in [1.82, 2.24) is 5.32 Å². The van der Waals surface area contributed by atoms with Crippen LogP contribution in [0.15, 0.2) is 0 Å². The Morgan fingerprint density at radius 1 is 1.18 bits per heavy atom. The maximum atomic E-state index is 11.0. The van der Waals surface area contributed by atoms with E-state index in [0.717, 1.165) is 44.7 Å². The maximum absolute atomic E-state index is 11.0. The molecular formula is C14H28N2O. The molecule has 0 aromatic heterocycles. The van der Waals surface area contributed by atoms with E-state index in [0.29, 0.717) is 6.54 Å². The first-order valence-electron chi connectivity index (χ1n) is 7.29. The highest BCUT2D eigenvalue weighted by Crippen LogP contribution is 2.49. The minimum Gasteiger partial charge on any atom is -0.389 e. The Labute approximate surface area is 105 Å². The molecule has 0 aromatic rings. The van der Waals surface area contributed by atoms with Gasteiger partial charge in [0.25, 0.3) is 0 Å². The van der Waals surface area contributed by atoms with Crippen molar-refractivity contribution in [2.24, 2.45) is 17.1 Å². The minimum atomic E-state index is -0.508. The number of hydrogen-bond acceptors (Lipinski definition) is 3. The van der Waals surface area contributed by atoms with Crippen molar-refractivity contribution in [1.29, 1.82) is 0 Å². The van der Waals surface area contributed by atoms with E-state index in [1.165, 1.54) is 19.3 Å². The Morgan fingerprint density at radius 3 is 2.24 bits per heavy atom. The van der Waals surface area contributed by atoms with Crippen molar-refractivity contribution in [3.63, 3.8) is 0 Å². The molecule has 100 valence electrons. The van der Waals surface area contributed by atoms with Gasteiger partial charge in [-0.3, -0.25) is 0 Å². The van der Waals surface area contributed by atoms with Crippen LogP contribution < -0.4 is 11.1 Å². The Morgan fingerprint density at radius 2 is 1.76 bits per heavy atom. The summed E-state index contributed by atoms with van der Waals surface area (Å²) in [5, 5.41) is 14.3. The lowest BCUT2D eigenvalue weighted by Crippen LogP contribution is -2.58. The largest absolute Gasteiger partial charge is 0.389 e. The van der Waals surface area contributed by atoms with E-state index >= 15 is 0 Å². The summed E-state index contributed by atoms with van der Waals surface area (Å²) in [6, 6.07) is 0. The Hall–Kier alpha value is -0.120. The van der Waals surface area contributed by atoms with Gasteiger partial charge >= 0.3 is 0 Å². The second kappa shape index (κ2) is 5.25. The van der Waals surface area contributed by atoms with Crippen LogP contribution in [-0.4, -0.2) is 30.3 Å². The summed E-state index contributed by atoms with van der Waals surface area (Å²) in [6.07, 6.45) is 7.78. The van der Waals surface area contributed by atoms with Crippen LogP contribution in [0.5, 0.6) is 0 Å². The third-order valence-electron chi connectivity index (χ3n) is 5.45. The molecule has 1 heterocycles. The van der Waals surface area contributed by atoms with E-state index in [4.69, 9.17) is 5.73 Å². The van der Waals surface area contributed by atoms with E-state index in [2.05, 4.69) is 12.2 Å². The van der Waals surface area contributed by atoms with E-state index in [-0.39, 0.29) is 5.41 Å². The van der Waals surface area contributed by atoms with Crippen LogP contribution in [0, 0.1) is 11.3 Å². The molecule has 0 amide bonds. The number of nitrogens with two attached hydrogens (primary N) is 1. The van der Waals surface area contributed by atoms with Crippen molar-refractivity contribution in [2.45, 2.75) is 57.5 Å². The topological polar surface area (TPSA) is 58.3 Å². The predicted molar refractivity (Wildman–Crippen MR) is 70.8 cm³/mol. The molecule has 0 unspecified atom stereocenters. The molecule has 1 aliphatic carbocycles. The summed E-state index contributed by atoms with van der Waals surface area (Å²) in [4.78, 5) is 0.